The number of methoxy groups -OCH3 is 1. The van der Waals surface area contributed by atoms with Crippen LogP contribution in [0.4, 0.5) is 5.69 Å². The van der Waals surface area contributed by atoms with Crippen LogP contribution >= 0.6 is 24.8 Å². The Balaban J connectivity index is 0.00000338. The first-order valence-electron chi connectivity index (χ1n) is 7.95. The molecule has 0 saturated carbocycles. The Morgan fingerprint density at radius 1 is 1.11 bits per heavy atom. The molecule has 0 spiro atoms. The lowest BCUT2D eigenvalue weighted by Gasteiger charge is -2.09. The highest BCUT2D eigenvalue weighted by Crippen LogP contribution is 2.12. The number of anilines is 1. The van der Waals surface area contributed by atoms with Gasteiger partial charge in [0.05, 0.1) is 13.2 Å². The van der Waals surface area contributed by atoms with E-state index in [0.29, 0.717) is 30.9 Å². The molecule has 7 nitrogen and oxygen atoms in total. The van der Waals surface area contributed by atoms with Gasteiger partial charge in [0.15, 0.2) is 0 Å². The molecule has 0 saturated heterocycles. The number of benzene rings is 1. The number of amides is 2. The third-order valence-electron chi connectivity index (χ3n) is 3.39. The van der Waals surface area contributed by atoms with E-state index in [1.807, 2.05) is 18.2 Å². The smallest absolute Gasteiger partial charge is 0.255 e. The Bertz CT molecular complexity index is 702. The number of carbonyl (C=O) groups excluding carboxylic acids is 2. The second kappa shape index (κ2) is 13.9. The molecule has 0 atom stereocenters. The molecule has 2 aromatic rings. The molecule has 0 unspecified atom stereocenters. The summed E-state index contributed by atoms with van der Waals surface area (Å²) in [7, 11) is 1.61. The Hall–Kier alpha value is -2.19. The predicted octanol–water partition coefficient (Wildman–Crippen LogP) is 2.03. The summed E-state index contributed by atoms with van der Waals surface area (Å²) < 4.78 is 4.90. The Morgan fingerprint density at radius 3 is 2.56 bits per heavy atom. The number of nitrogens with one attached hydrogen (secondary N) is 3. The van der Waals surface area contributed by atoms with Crippen molar-refractivity contribution in [2.75, 3.05) is 32.1 Å². The number of aromatic nitrogens is 1. The first-order valence-corrected chi connectivity index (χ1v) is 7.95. The molecule has 1 heterocycles. The van der Waals surface area contributed by atoms with Gasteiger partial charge in [0, 0.05) is 43.8 Å². The zero-order chi connectivity index (χ0) is 17.9. The predicted molar refractivity (Wildman–Crippen MR) is 110 cm³/mol. The molecular formula is C18H24Cl2N4O3. The Labute approximate surface area is 171 Å². The van der Waals surface area contributed by atoms with E-state index >= 15 is 0 Å². The molecule has 27 heavy (non-hydrogen) atoms. The Morgan fingerprint density at radius 2 is 1.85 bits per heavy atom. The largest absolute Gasteiger partial charge is 0.383 e. The number of ether oxygens (including phenoxy) is 1. The number of rotatable bonds is 9. The van der Waals surface area contributed by atoms with Crippen molar-refractivity contribution in [2.24, 2.45) is 0 Å². The van der Waals surface area contributed by atoms with Crippen LogP contribution in [0.5, 0.6) is 0 Å². The summed E-state index contributed by atoms with van der Waals surface area (Å²) >= 11 is 0. The maximum Gasteiger partial charge on any atom is 0.255 e. The zero-order valence-corrected chi connectivity index (χ0v) is 16.6. The van der Waals surface area contributed by atoms with Crippen molar-refractivity contribution in [1.29, 1.82) is 0 Å². The molecule has 0 fully saturated rings. The number of halogens is 2. The third kappa shape index (κ3) is 9.35. The van der Waals surface area contributed by atoms with Gasteiger partial charge in [-0.25, -0.2) is 0 Å². The summed E-state index contributed by atoms with van der Waals surface area (Å²) in [6.45, 7) is 1.82. The summed E-state index contributed by atoms with van der Waals surface area (Å²) in [5, 5.41) is 8.63. The molecule has 0 aliphatic rings. The van der Waals surface area contributed by atoms with Crippen molar-refractivity contribution < 1.29 is 14.3 Å². The Kier molecular flexibility index (Phi) is 12.8. The normalized spacial score (nSPS) is 9.52. The summed E-state index contributed by atoms with van der Waals surface area (Å²) in [6.07, 6.45) is 3.14. The average molecular weight is 415 g/mol. The monoisotopic (exact) mass is 414 g/mol. The minimum Gasteiger partial charge on any atom is -0.383 e. The molecule has 1 aromatic carbocycles. The van der Waals surface area contributed by atoms with E-state index in [1.54, 1.807) is 37.7 Å². The zero-order valence-electron chi connectivity index (χ0n) is 14.9. The van der Waals surface area contributed by atoms with Crippen molar-refractivity contribution in [2.45, 2.75) is 6.54 Å². The highest BCUT2D eigenvalue weighted by atomic mass is 35.5. The first kappa shape index (κ1) is 24.8. The van der Waals surface area contributed by atoms with Crippen LogP contribution in [0, 0.1) is 0 Å². The summed E-state index contributed by atoms with van der Waals surface area (Å²) in [5.74, 6) is -0.298. The fourth-order valence-electron chi connectivity index (χ4n) is 2.10. The molecule has 148 valence electrons. The molecule has 3 N–H and O–H groups in total. The number of hydrogen-bond donors (Lipinski definition) is 3. The van der Waals surface area contributed by atoms with Gasteiger partial charge in [-0.05, 0) is 29.8 Å². The van der Waals surface area contributed by atoms with Gasteiger partial charge in [-0.15, -0.1) is 24.8 Å². The van der Waals surface area contributed by atoms with Crippen LogP contribution in [0.3, 0.4) is 0 Å². The van der Waals surface area contributed by atoms with Crippen molar-refractivity contribution in [1.82, 2.24) is 15.6 Å². The fraction of sp³-hybridized carbons (Fsp3) is 0.278. The van der Waals surface area contributed by atoms with Gasteiger partial charge >= 0.3 is 0 Å². The van der Waals surface area contributed by atoms with E-state index in [4.69, 9.17) is 4.74 Å². The number of hydrogen-bond acceptors (Lipinski definition) is 5. The van der Waals surface area contributed by atoms with Gasteiger partial charge in [0.25, 0.3) is 5.91 Å². The molecule has 9 heteroatoms. The lowest BCUT2D eigenvalue weighted by Crippen LogP contribution is -2.34. The number of nitrogens with zero attached hydrogens (tertiary/aromatic N) is 1. The van der Waals surface area contributed by atoms with Crippen LogP contribution in [0.2, 0.25) is 0 Å². The summed E-state index contributed by atoms with van der Waals surface area (Å²) in [6, 6.07) is 10.7. The van der Waals surface area contributed by atoms with Crippen LogP contribution < -0.4 is 16.0 Å². The number of pyridine rings is 1. The highest BCUT2D eigenvalue weighted by molar-refractivity contribution is 6.04. The van der Waals surface area contributed by atoms with E-state index in [1.165, 1.54) is 0 Å². The third-order valence-corrected chi connectivity index (χ3v) is 3.39. The standard InChI is InChI=1S/C18H22N4O3.2ClH/c1-25-10-9-20-13-17(23)21-12-14-3-2-4-16(11-14)22-18(24)15-5-7-19-8-6-15;;/h2-8,11,20H,9-10,12-13H2,1H3,(H,21,23)(H,22,24);2*1H. The van der Waals surface area contributed by atoms with Crippen LogP contribution in [0.25, 0.3) is 0 Å². The van der Waals surface area contributed by atoms with E-state index in [9.17, 15) is 9.59 Å². The molecule has 1 aromatic heterocycles. The second-order valence-corrected chi connectivity index (χ2v) is 5.34. The average Bonchev–Trinajstić information content (AvgIpc) is 2.64. The van der Waals surface area contributed by atoms with E-state index in [2.05, 4.69) is 20.9 Å². The van der Waals surface area contributed by atoms with Gasteiger partial charge in [-0.2, -0.15) is 0 Å². The molecule has 2 rings (SSSR count). The van der Waals surface area contributed by atoms with Gasteiger partial charge in [-0.1, -0.05) is 12.1 Å². The molecule has 0 bridgehead atoms. The molecule has 0 aliphatic heterocycles. The minimum atomic E-state index is -0.203. The van der Waals surface area contributed by atoms with E-state index in [-0.39, 0.29) is 43.2 Å². The maximum atomic E-state index is 12.1. The van der Waals surface area contributed by atoms with Gasteiger partial charge < -0.3 is 20.7 Å². The van der Waals surface area contributed by atoms with Gasteiger partial charge in [-0.3, -0.25) is 14.6 Å². The minimum absolute atomic E-state index is 0. The van der Waals surface area contributed by atoms with Crippen LogP contribution in [-0.4, -0.2) is 43.6 Å². The van der Waals surface area contributed by atoms with Crippen LogP contribution in [0.1, 0.15) is 15.9 Å². The molecular weight excluding hydrogens is 391 g/mol. The van der Waals surface area contributed by atoms with E-state index in [0.717, 1.165) is 5.56 Å². The van der Waals surface area contributed by atoms with Crippen LogP contribution in [-0.2, 0) is 16.1 Å². The quantitative estimate of drug-likeness (QED) is 0.545. The summed E-state index contributed by atoms with van der Waals surface area (Å²) in [4.78, 5) is 27.8. The lowest BCUT2D eigenvalue weighted by atomic mass is 10.2. The van der Waals surface area contributed by atoms with Crippen molar-refractivity contribution >= 4 is 42.3 Å². The van der Waals surface area contributed by atoms with Gasteiger partial charge in [0.2, 0.25) is 5.91 Å². The number of carbonyl (C=O) groups is 2. The van der Waals surface area contributed by atoms with Crippen LogP contribution in [0.15, 0.2) is 48.8 Å². The fourth-order valence-corrected chi connectivity index (χ4v) is 2.10. The van der Waals surface area contributed by atoms with Crippen molar-refractivity contribution in [3.63, 3.8) is 0 Å². The maximum absolute atomic E-state index is 12.1. The van der Waals surface area contributed by atoms with E-state index < -0.39 is 0 Å². The topological polar surface area (TPSA) is 92.4 Å². The first-order chi connectivity index (χ1) is 12.2. The van der Waals surface area contributed by atoms with Crippen molar-refractivity contribution in [3.05, 3.63) is 59.9 Å². The second-order valence-electron chi connectivity index (χ2n) is 5.34. The van der Waals surface area contributed by atoms with Crippen molar-refractivity contribution in [3.8, 4) is 0 Å². The van der Waals surface area contributed by atoms with Gasteiger partial charge in [0.1, 0.15) is 0 Å². The SMILES string of the molecule is COCCNCC(=O)NCc1cccc(NC(=O)c2ccncc2)c1.Cl.Cl. The molecule has 0 radical (unpaired) electrons. The summed E-state index contributed by atoms with van der Waals surface area (Å²) in [5.41, 5.74) is 2.11. The molecule has 2 amide bonds. The molecule has 0 aliphatic carbocycles. The lowest BCUT2D eigenvalue weighted by molar-refractivity contribution is -0.120. The highest BCUT2D eigenvalue weighted by Gasteiger charge is 2.06.